The number of carbonyl (C=O) groups excluding carboxylic acids is 1. The number of hydrogen-bond acceptors (Lipinski definition) is 2. The molecule has 0 atom stereocenters. The van der Waals surface area contributed by atoms with Crippen LogP contribution >= 0.6 is 0 Å². The second-order valence-electron chi connectivity index (χ2n) is 3.53. The van der Waals surface area contributed by atoms with E-state index in [2.05, 4.69) is 4.98 Å². The van der Waals surface area contributed by atoms with E-state index in [1.54, 1.807) is 37.4 Å². The van der Waals surface area contributed by atoms with Gasteiger partial charge in [-0.2, -0.15) is 0 Å². The lowest BCUT2D eigenvalue weighted by Crippen LogP contribution is -2.02. The van der Waals surface area contributed by atoms with Crippen LogP contribution in [0.5, 0.6) is 0 Å². The number of hydrogen-bond donors (Lipinski definition) is 0. The molecule has 0 radical (unpaired) electrons. The van der Waals surface area contributed by atoms with Crippen LogP contribution in [-0.4, -0.2) is 10.8 Å². The number of nitrogens with zero attached hydrogens (tertiary/aromatic N) is 1. The van der Waals surface area contributed by atoms with E-state index in [0.29, 0.717) is 16.7 Å². The lowest BCUT2D eigenvalue weighted by Gasteiger charge is -2.02. The van der Waals surface area contributed by atoms with Crippen LogP contribution in [0.25, 0.3) is 0 Å². The fourth-order valence-corrected chi connectivity index (χ4v) is 1.40. The summed E-state index contributed by atoms with van der Waals surface area (Å²) >= 11 is 0. The fraction of sp³-hybridized carbons (Fsp3) is 0.0769. The predicted octanol–water partition coefficient (Wildman–Crippen LogP) is 2.76. The number of rotatable bonds is 2. The predicted molar refractivity (Wildman–Crippen MR) is 58.8 cm³/mol. The summed E-state index contributed by atoms with van der Waals surface area (Å²) in [5.74, 6) is -0.582. The Kier molecular flexibility index (Phi) is 2.77. The first-order valence-corrected chi connectivity index (χ1v) is 4.89. The van der Waals surface area contributed by atoms with Crippen LogP contribution in [0.3, 0.4) is 0 Å². The van der Waals surface area contributed by atoms with Crippen molar-refractivity contribution in [2.75, 3.05) is 0 Å². The molecule has 2 rings (SSSR count). The van der Waals surface area contributed by atoms with Gasteiger partial charge in [0.25, 0.3) is 0 Å². The highest BCUT2D eigenvalue weighted by molar-refractivity contribution is 6.08. The maximum Gasteiger partial charge on any atom is 0.194 e. The van der Waals surface area contributed by atoms with E-state index in [1.807, 2.05) is 0 Å². The molecular weight excluding hydrogens is 205 g/mol. The van der Waals surface area contributed by atoms with E-state index in [-0.39, 0.29) is 11.6 Å². The Morgan fingerprint density at radius 1 is 1.25 bits per heavy atom. The van der Waals surface area contributed by atoms with Crippen LogP contribution in [-0.2, 0) is 0 Å². The Labute approximate surface area is 92.8 Å². The molecule has 2 nitrogen and oxygen atoms in total. The van der Waals surface area contributed by atoms with Gasteiger partial charge in [0.05, 0.1) is 0 Å². The third-order valence-corrected chi connectivity index (χ3v) is 2.36. The van der Waals surface area contributed by atoms with Crippen LogP contribution in [0.4, 0.5) is 4.39 Å². The van der Waals surface area contributed by atoms with Gasteiger partial charge in [-0.05, 0) is 30.7 Å². The minimum atomic E-state index is -0.366. The molecule has 3 heteroatoms. The normalized spacial score (nSPS) is 10.1. The molecule has 0 saturated heterocycles. The van der Waals surface area contributed by atoms with Gasteiger partial charge >= 0.3 is 0 Å². The second kappa shape index (κ2) is 4.23. The molecule has 0 bridgehead atoms. The summed E-state index contributed by atoms with van der Waals surface area (Å²) in [6.45, 7) is 1.66. The van der Waals surface area contributed by atoms with Crippen molar-refractivity contribution in [2.24, 2.45) is 0 Å². The topological polar surface area (TPSA) is 30.0 Å². The van der Waals surface area contributed by atoms with E-state index >= 15 is 0 Å². The summed E-state index contributed by atoms with van der Waals surface area (Å²) in [4.78, 5) is 15.8. The number of ketones is 1. The lowest BCUT2D eigenvalue weighted by molar-refractivity contribution is 0.103. The molecule has 1 aromatic heterocycles. The van der Waals surface area contributed by atoms with Crippen molar-refractivity contribution < 1.29 is 9.18 Å². The standard InChI is InChI=1S/C13H10FNO/c1-9-4-5-10(7-12(9)14)13(16)11-3-2-6-15-8-11/h2-8H,1H3. The highest BCUT2D eigenvalue weighted by Crippen LogP contribution is 2.13. The van der Waals surface area contributed by atoms with Crippen molar-refractivity contribution in [3.8, 4) is 0 Å². The van der Waals surface area contributed by atoms with Crippen molar-refractivity contribution in [3.05, 3.63) is 65.2 Å². The number of carbonyl (C=O) groups is 1. The van der Waals surface area contributed by atoms with Crippen LogP contribution in [0.1, 0.15) is 21.5 Å². The number of aromatic nitrogens is 1. The van der Waals surface area contributed by atoms with Crippen molar-refractivity contribution in [2.45, 2.75) is 6.92 Å². The Bertz CT molecular complexity index is 523. The summed E-state index contributed by atoms with van der Waals surface area (Å²) < 4.78 is 13.3. The summed E-state index contributed by atoms with van der Waals surface area (Å²) in [6, 6.07) is 7.81. The zero-order chi connectivity index (χ0) is 11.5. The summed E-state index contributed by atoms with van der Waals surface area (Å²) in [7, 11) is 0. The summed E-state index contributed by atoms with van der Waals surface area (Å²) in [5.41, 5.74) is 1.34. The number of halogens is 1. The molecule has 1 heterocycles. The Morgan fingerprint density at radius 2 is 2.06 bits per heavy atom. The molecule has 0 aliphatic heterocycles. The van der Waals surface area contributed by atoms with Gasteiger partial charge < -0.3 is 0 Å². The van der Waals surface area contributed by atoms with Crippen molar-refractivity contribution in [1.29, 1.82) is 0 Å². The van der Waals surface area contributed by atoms with Gasteiger partial charge in [-0.1, -0.05) is 12.1 Å². The van der Waals surface area contributed by atoms with Gasteiger partial charge in [0.15, 0.2) is 5.78 Å². The molecule has 0 spiro atoms. The summed E-state index contributed by atoms with van der Waals surface area (Å²) in [6.07, 6.45) is 3.06. The van der Waals surface area contributed by atoms with E-state index in [9.17, 15) is 9.18 Å². The molecule has 0 amide bonds. The smallest absolute Gasteiger partial charge is 0.194 e. The van der Waals surface area contributed by atoms with Crippen LogP contribution in [0.2, 0.25) is 0 Å². The van der Waals surface area contributed by atoms with Gasteiger partial charge in [0.2, 0.25) is 0 Å². The first-order chi connectivity index (χ1) is 7.68. The Morgan fingerprint density at radius 3 is 2.69 bits per heavy atom. The molecule has 0 aliphatic rings. The van der Waals surface area contributed by atoms with Crippen LogP contribution in [0.15, 0.2) is 42.7 Å². The third kappa shape index (κ3) is 1.98. The minimum Gasteiger partial charge on any atom is -0.289 e. The van der Waals surface area contributed by atoms with Crippen LogP contribution < -0.4 is 0 Å². The molecule has 0 aliphatic carbocycles. The first-order valence-electron chi connectivity index (χ1n) is 4.89. The highest BCUT2D eigenvalue weighted by Gasteiger charge is 2.10. The van der Waals surface area contributed by atoms with E-state index in [4.69, 9.17) is 0 Å². The van der Waals surface area contributed by atoms with Crippen molar-refractivity contribution in [3.63, 3.8) is 0 Å². The Hall–Kier alpha value is -2.03. The number of aryl methyl sites for hydroxylation is 1. The molecule has 0 saturated carbocycles. The SMILES string of the molecule is Cc1ccc(C(=O)c2cccnc2)cc1F. The third-order valence-electron chi connectivity index (χ3n) is 2.36. The number of pyridine rings is 1. The quantitative estimate of drug-likeness (QED) is 0.721. The van der Waals surface area contributed by atoms with E-state index < -0.39 is 0 Å². The zero-order valence-electron chi connectivity index (χ0n) is 8.77. The van der Waals surface area contributed by atoms with Crippen molar-refractivity contribution >= 4 is 5.78 Å². The lowest BCUT2D eigenvalue weighted by atomic mass is 10.0. The first kappa shape index (κ1) is 10.5. The van der Waals surface area contributed by atoms with Gasteiger partial charge in [-0.15, -0.1) is 0 Å². The monoisotopic (exact) mass is 215 g/mol. The molecule has 0 fully saturated rings. The molecule has 16 heavy (non-hydrogen) atoms. The largest absolute Gasteiger partial charge is 0.289 e. The van der Waals surface area contributed by atoms with Gasteiger partial charge in [0.1, 0.15) is 5.82 Å². The molecule has 1 aromatic carbocycles. The molecule has 2 aromatic rings. The number of benzene rings is 1. The molecular formula is C13H10FNO. The van der Waals surface area contributed by atoms with E-state index in [0.717, 1.165) is 0 Å². The van der Waals surface area contributed by atoms with Gasteiger partial charge in [-0.3, -0.25) is 9.78 Å². The van der Waals surface area contributed by atoms with E-state index in [1.165, 1.54) is 12.3 Å². The zero-order valence-corrected chi connectivity index (χ0v) is 8.77. The highest BCUT2D eigenvalue weighted by atomic mass is 19.1. The van der Waals surface area contributed by atoms with Crippen molar-refractivity contribution in [1.82, 2.24) is 4.98 Å². The minimum absolute atomic E-state index is 0.216. The van der Waals surface area contributed by atoms with Crippen LogP contribution in [0, 0.1) is 12.7 Å². The Balaban J connectivity index is 2.39. The average molecular weight is 215 g/mol. The molecule has 0 N–H and O–H groups in total. The average Bonchev–Trinajstić information content (AvgIpc) is 2.33. The maximum absolute atomic E-state index is 13.3. The summed E-state index contributed by atoms with van der Waals surface area (Å²) in [5, 5.41) is 0. The second-order valence-corrected chi connectivity index (χ2v) is 3.53. The fourth-order valence-electron chi connectivity index (χ4n) is 1.40. The van der Waals surface area contributed by atoms with Gasteiger partial charge in [0, 0.05) is 23.5 Å². The van der Waals surface area contributed by atoms with Gasteiger partial charge in [-0.25, -0.2) is 4.39 Å². The maximum atomic E-state index is 13.3. The molecule has 80 valence electrons. The molecule has 0 unspecified atom stereocenters.